The van der Waals surface area contributed by atoms with Crippen LogP contribution in [0.1, 0.15) is 16.8 Å². The molecule has 2 aromatic heterocycles. The molecule has 0 fully saturated rings. The summed E-state index contributed by atoms with van der Waals surface area (Å²) in [6, 6.07) is 9.31. The third kappa shape index (κ3) is 3.83. The van der Waals surface area contributed by atoms with Crippen LogP contribution in [0.5, 0.6) is 11.5 Å². The van der Waals surface area contributed by atoms with E-state index in [1.165, 1.54) is 0 Å². The lowest BCUT2D eigenvalue weighted by atomic mass is 10.1. The van der Waals surface area contributed by atoms with Crippen LogP contribution in [0.15, 0.2) is 41.3 Å². The summed E-state index contributed by atoms with van der Waals surface area (Å²) in [5.74, 6) is 1.61. The molecular weight excluding hydrogens is 392 g/mol. The Balaban J connectivity index is 1.61. The third-order valence-electron chi connectivity index (χ3n) is 5.02. The molecule has 0 bridgehead atoms. The fourth-order valence-electron chi connectivity index (χ4n) is 3.55. The van der Waals surface area contributed by atoms with Crippen LogP contribution < -0.4 is 15.0 Å². The summed E-state index contributed by atoms with van der Waals surface area (Å²) >= 11 is 6.53. The molecule has 4 rings (SSSR count). The van der Waals surface area contributed by atoms with Crippen molar-refractivity contribution in [2.24, 2.45) is 0 Å². The van der Waals surface area contributed by atoms with Gasteiger partial charge in [-0.05, 0) is 30.2 Å². The number of aromatic nitrogens is 3. The number of pyridine rings is 1. The van der Waals surface area contributed by atoms with Gasteiger partial charge in [0, 0.05) is 31.4 Å². The summed E-state index contributed by atoms with van der Waals surface area (Å²) in [5, 5.41) is 0.533. The predicted molar refractivity (Wildman–Crippen MR) is 110 cm³/mol. The van der Waals surface area contributed by atoms with Gasteiger partial charge in [-0.15, -0.1) is 0 Å². The molecule has 1 aliphatic heterocycles. The first-order valence-electron chi connectivity index (χ1n) is 9.26. The maximum atomic E-state index is 12.5. The molecule has 7 nitrogen and oxygen atoms in total. The van der Waals surface area contributed by atoms with Gasteiger partial charge in [-0.1, -0.05) is 23.7 Å². The zero-order valence-corrected chi connectivity index (χ0v) is 17.0. The van der Waals surface area contributed by atoms with Gasteiger partial charge in [0.2, 0.25) is 0 Å². The molecule has 3 heterocycles. The van der Waals surface area contributed by atoms with E-state index in [-0.39, 0.29) is 5.56 Å². The maximum Gasteiger partial charge on any atom is 0.254 e. The SMILES string of the molecule is COc1ccc(CN2CCc3c(nc(-c4ccccn4)[nH]c3=O)C2)c(Cl)c1OC. The van der Waals surface area contributed by atoms with E-state index in [4.69, 9.17) is 21.1 Å². The highest BCUT2D eigenvalue weighted by Crippen LogP contribution is 2.38. The van der Waals surface area contributed by atoms with E-state index in [2.05, 4.69) is 19.9 Å². The Kier molecular flexibility index (Phi) is 5.51. The van der Waals surface area contributed by atoms with Gasteiger partial charge in [0.1, 0.15) is 5.69 Å². The second-order valence-corrected chi connectivity index (χ2v) is 7.17. The van der Waals surface area contributed by atoms with E-state index in [0.717, 1.165) is 23.4 Å². The molecule has 8 heteroatoms. The van der Waals surface area contributed by atoms with Crippen LogP contribution in [0.2, 0.25) is 5.02 Å². The molecule has 1 aliphatic rings. The number of benzene rings is 1. The van der Waals surface area contributed by atoms with E-state index in [0.29, 0.717) is 47.6 Å². The zero-order valence-electron chi connectivity index (χ0n) is 16.2. The number of hydrogen-bond acceptors (Lipinski definition) is 6. The van der Waals surface area contributed by atoms with Crippen LogP contribution in [0.3, 0.4) is 0 Å². The first-order valence-corrected chi connectivity index (χ1v) is 9.63. The zero-order chi connectivity index (χ0) is 20.4. The predicted octanol–water partition coefficient (Wildman–Crippen LogP) is 3.06. The van der Waals surface area contributed by atoms with Gasteiger partial charge in [-0.3, -0.25) is 14.7 Å². The summed E-state index contributed by atoms with van der Waals surface area (Å²) in [6.07, 6.45) is 2.31. The van der Waals surface area contributed by atoms with Crippen molar-refractivity contribution in [2.75, 3.05) is 20.8 Å². The largest absolute Gasteiger partial charge is 0.493 e. The Hall–Kier alpha value is -2.90. The van der Waals surface area contributed by atoms with Gasteiger partial charge in [0.25, 0.3) is 5.56 Å². The van der Waals surface area contributed by atoms with Crippen molar-refractivity contribution in [3.63, 3.8) is 0 Å². The number of rotatable bonds is 5. The first kappa shape index (κ1) is 19.4. The van der Waals surface area contributed by atoms with E-state index in [1.807, 2.05) is 30.3 Å². The number of nitrogens with one attached hydrogen (secondary N) is 1. The highest BCUT2D eigenvalue weighted by Gasteiger charge is 2.23. The van der Waals surface area contributed by atoms with Gasteiger partial charge >= 0.3 is 0 Å². The highest BCUT2D eigenvalue weighted by atomic mass is 35.5. The summed E-state index contributed by atoms with van der Waals surface area (Å²) in [4.78, 5) is 26.6. The Morgan fingerprint density at radius 2 is 2.07 bits per heavy atom. The normalized spacial score (nSPS) is 13.8. The molecule has 150 valence electrons. The van der Waals surface area contributed by atoms with Crippen molar-refractivity contribution >= 4 is 11.6 Å². The van der Waals surface area contributed by atoms with Gasteiger partial charge in [0.05, 0.1) is 24.9 Å². The standard InChI is InChI=1S/C21H21ClN4O3/c1-28-17-7-6-13(18(22)19(17)29-2)11-26-10-8-14-16(12-26)24-20(25-21(14)27)15-5-3-4-9-23-15/h3-7,9H,8,10-12H2,1-2H3,(H,24,25,27). The van der Waals surface area contributed by atoms with Crippen LogP contribution in [0.25, 0.3) is 11.5 Å². The molecule has 1 aromatic carbocycles. The van der Waals surface area contributed by atoms with Crippen molar-refractivity contribution in [3.05, 3.63) is 68.7 Å². The molecule has 0 radical (unpaired) electrons. The van der Waals surface area contributed by atoms with E-state index >= 15 is 0 Å². The molecule has 0 aliphatic carbocycles. The molecule has 29 heavy (non-hydrogen) atoms. The fraction of sp³-hybridized carbons (Fsp3) is 0.286. The Morgan fingerprint density at radius 1 is 1.21 bits per heavy atom. The molecule has 0 saturated carbocycles. The monoisotopic (exact) mass is 412 g/mol. The highest BCUT2D eigenvalue weighted by molar-refractivity contribution is 6.33. The Labute approximate surface area is 173 Å². The van der Waals surface area contributed by atoms with E-state index in [1.54, 1.807) is 20.4 Å². The fourth-order valence-corrected chi connectivity index (χ4v) is 3.84. The van der Waals surface area contributed by atoms with Crippen LogP contribution in [0.4, 0.5) is 0 Å². The molecule has 0 atom stereocenters. The van der Waals surface area contributed by atoms with Crippen molar-refractivity contribution in [2.45, 2.75) is 19.5 Å². The molecule has 0 unspecified atom stereocenters. The molecular formula is C21H21ClN4O3. The molecule has 0 saturated heterocycles. The maximum absolute atomic E-state index is 12.5. The van der Waals surface area contributed by atoms with Crippen molar-refractivity contribution in [3.8, 4) is 23.0 Å². The van der Waals surface area contributed by atoms with E-state index in [9.17, 15) is 4.79 Å². The average molecular weight is 413 g/mol. The van der Waals surface area contributed by atoms with Crippen LogP contribution in [0, 0.1) is 0 Å². The van der Waals surface area contributed by atoms with E-state index < -0.39 is 0 Å². The van der Waals surface area contributed by atoms with Gasteiger partial charge in [-0.2, -0.15) is 0 Å². The van der Waals surface area contributed by atoms with Crippen LogP contribution in [-0.2, 0) is 19.5 Å². The minimum Gasteiger partial charge on any atom is -0.493 e. The quantitative estimate of drug-likeness (QED) is 0.693. The minimum absolute atomic E-state index is 0.0977. The smallest absolute Gasteiger partial charge is 0.254 e. The Bertz CT molecular complexity index is 1090. The topological polar surface area (TPSA) is 80.3 Å². The van der Waals surface area contributed by atoms with Gasteiger partial charge in [-0.25, -0.2) is 4.98 Å². The lowest BCUT2D eigenvalue weighted by Crippen LogP contribution is -2.35. The second-order valence-electron chi connectivity index (χ2n) is 6.79. The average Bonchev–Trinajstić information content (AvgIpc) is 2.75. The molecule has 1 N–H and O–H groups in total. The summed E-state index contributed by atoms with van der Waals surface area (Å²) in [5.41, 5.74) is 2.99. The second kappa shape index (κ2) is 8.23. The molecule has 0 spiro atoms. The summed E-state index contributed by atoms with van der Waals surface area (Å²) in [7, 11) is 3.15. The first-order chi connectivity index (χ1) is 14.1. The number of H-pyrrole nitrogens is 1. The van der Waals surface area contributed by atoms with Crippen LogP contribution >= 0.6 is 11.6 Å². The molecule has 0 amide bonds. The number of nitrogens with zero attached hydrogens (tertiary/aromatic N) is 3. The summed E-state index contributed by atoms with van der Waals surface area (Å²) in [6.45, 7) is 1.92. The number of fused-ring (bicyclic) bond motifs is 1. The van der Waals surface area contributed by atoms with Crippen molar-refractivity contribution < 1.29 is 9.47 Å². The third-order valence-corrected chi connectivity index (χ3v) is 5.43. The molecule has 3 aromatic rings. The van der Waals surface area contributed by atoms with Crippen LogP contribution in [-0.4, -0.2) is 40.6 Å². The number of halogens is 1. The number of aromatic amines is 1. The lowest BCUT2D eigenvalue weighted by molar-refractivity contribution is 0.240. The van der Waals surface area contributed by atoms with Gasteiger partial charge in [0.15, 0.2) is 17.3 Å². The number of hydrogen-bond donors (Lipinski definition) is 1. The Morgan fingerprint density at radius 3 is 2.79 bits per heavy atom. The minimum atomic E-state index is -0.0977. The van der Waals surface area contributed by atoms with Crippen molar-refractivity contribution in [1.29, 1.82) is 0 Å². The van der Waals surface area contributed by atoms with Gasteiger partial charge < -0.3 is 14.5 Å². The van der Waals surface area contributed by atoms with Crippen molar-refractivity contribution in [1.82, 2.24) is 19.9 Å². The number of methoxy groups -OCH3 is 2. The lowest BCUT2D eigenvalue weighted by Gasteiger charge is -2.28. The summed E-state index contributed by atoms with van der Waals surface area (Å²) < 4.78 is 10.7. The number of ether oxygens (including phenoxy) is 2.